The van der Waals surface area contributed by atoms with E-state index in [4.69, 9.17) is 9.47 Å². The summed E-state index contributed by atoms with van der Waals surface area (Å²) < 4.78 is 10.6. The molecule has 2 heterocycles. The van der Waals surface area contributed by atoms with Crippen LogP contribution in [0.4, 0.5) is 0 Å². The normalized spacial score (nSPS) is 21.8. The number of aromatic amines is 1. The second-order valence-corrected chi connectivity index (χ2v) is 6.88. The van der Waals surface area contributed by atoms with Crippen LogP contribution in [0.3, 0.4) is 0 Å². The molecule has 0 saturated carbocycles. The van der Waals surface area contributed by atoms with Crippen LogP contribution < -0.4 is 15.0 Å². The van der Waals surface area contributed by atoms with Gasteiger partial charge in [-0.1, -0.05) is 13.8 Å². The second kappa shape index (κ2) is 6.81. The average molecular weight is 331 g/mol. The molecular weight excluding hydrogens is 306 g/mol. The van der Waals surface area contributed by atoms with Crippen molar-refractivity contribution in [2.24, 2.45) is 11.8 Å². The first kappa shape index (κ1) is 16.8. The number of aromatic nitrogens is 2. The average Bonchev–Trinajstić information content (AvgIpc) is 2.52. The number of hydrogen-bond acceptors (Lipinski definition) is 5. The lowest BCUT2D eigenvalue weighted by molar-refractivity contribution is 0.131. The molecule has 2 aromatic rings. The lowest BCUT2D eigenvalue weighted by Gasteiger charge is -2.34. The molecule has 2 atom stereocenters. The maximum Gasteiger partial charge on any atom is 0.258 e. The molecule has 0 bridgehead atoms. The fourth-order valence-electron chi connectivity index (χ4n) is 3.72. The van der Waals surface area contributed by atoms with Crippen LogP contribution in [0.25, 0.3) is 10.9 Å². The van der Waals surface area contributed by atoms with Crippen molar-refractivity contribution in [2.45, 2.75) is 26.8 Å². The number of likely N-dealkylation sites (tertiary alicyclic amines) is 1. The van der Waals surface area contributed by atoms with Gasteiger partial charge in [0.1, 0.15) is 5.82 Å². The van der Waals surface area contributed by atoms with E-state index in [0.717, 1.165) is 13.1 Å². The highest BCUT2D eigenvalue weighted by Gasteiger charge is 2.22. The number of nitrogens with zero attached hydrogens (tertiary/aromatic N) is 2. The number of benzene rings is 1. The second-order valence-electron chi connectivity index (χ2n) is 6.88. The topological polar surface area (TPSA) is 67.5 Å². The van der Waals surface area contributed by atoms with Crippen molar-refractivity contribution in [3.8, 4) is 11.5 Å². The van der Waals surface area contributed by atoms with Gasteiger partial charge in [0.15, 0.2) is 11.5 Å². The van der Waals surface area contributed by atoms with Crippen LogP contribution in [0.5, 0.6) is 11.5 Å². The van der Waals surface area contributed by atoms with Gasteiger partial charge >= 0.3 is 0 Å². The summed E-state index contributed by atoms with van der Waals surface area (Å²) in [4.78, 5) is 22.3. The maximum absolute atomic E-state index is 12.4. The molecule has 24 heavy (non-hydrogen) atoms. The smallest absolute Gasteiger partial charge is 0.258 e. The zero-order valence-corrected chi connectivity index (χ0v) is 14.8. The van der Waals surface area contributed by atoms with Crippen molar-refractivity contribution in [1.29, 1.82) is 0 Å². The van der Waals surface area contributed by atoms with E-state index in [1.165, 1.54) is 6.42 Å². The Balaban J connectivity index is 1.93. The van der Waals surface area contributed by atoms with Crippen molar-refractivity contribution in [3.05, 3.63) is 28.3 Å². The first-order chi connectivity index (χ1) is 11.5. The highest BCUT2D eigenvalue weighted by Crippen LogP contribution is 2.30. The van der Waals surface area contributed by atoms with E-state index in [0.29, 0.717) is 46.6 Å². The van der Waals surface area contributed by atoms with Crippen LogP contribution in [0.1, 0.15) is 26.1 Å². The molecule has 0 spiro atoms. The molecule has 0 unspecified atom stereocenters. The summed E-state index contributed by atoms with van der Waals surface area (Å²) in [6, 6.07) is 3.43. The van der Waals surface area contributed by atoms with Gasteiger partial charge in [-0.15, -0.1) is 0 Å². The minimum absolute atomic E-state index is 0.144. The Kier molecular flexibility index (Phi) is 4.76. The van der Waals surface area contributed by atoms with Gasteiger partial charge in [-0.05, 0) is 24.3 Å². The summed E-state index contributed by atoms with van der Waals surface area (Å²) in [6.45, 7) is 7.29. The predicted molar refractivity (Wildman–Crippen MR) is 93.7 cm³/mol. The Bertz CT molecular complexity index is 777. The summed E-state index contributed by atoms with van der Waals surface area (Å²) in [5, 5.41) is 0.511. The Morgan fingerprint density at radius 1 is 1.17 bits per heavy atom. The molecular formula is C18H25N3O3. The highest BCUT2D eigenvalue weighted by molar-refractivity contribution is 5.81. The number of rotatable bonds is 4. The standard InChI is InChI=1S/C18H25N3O3/c1-11-5-12(2)9-21(8-11)10-17-19-14-7-16(24-4)15(23-3)6-13(14)18(22)20-17/h6-7,11-12H,5,8-10H2,1-4H3,(H,19,20,22)/t11-,12+. The van der Waals surface area contributed by atoms with E-state index >= 15 is 0 Å². The molecule has 130 valence electrons. The van der Waals surface area contributed by atoms with Gasteiger partial charge in [-0.2, -0.15) is 0 Å². The molecule has 1 aromatic carbocycles. The van der Waals surface area contributed by atoms with Crippen LogP contribution in [-0.2, 0) is 6.54 Å². The van der Waals surface area contributed by atoms with Crippen molar-refractivity contribution in [3.63, 3.8) is 0 Å². The first-order valence-corrected chi connectivity index (χ1v) is 8.37. The Morgan fingerprint density at radius 3 is 2.42 bits per heavy atom. The molecule has 6 nitrogen and oxygen atoms in total. The van der Waals surface area contributed by atoms with E-state index in [9.17, 15) is 4.79 Å². The molecule has 3 rings (SSSR count). The fraction of sp³-hybridized carbons (Fsp3) is 0.556. The third-order valence-corrected chi connectivity index (χ3v) is 4.58. The van der Waals surface area contributed by atoms with Crippen molar-refractivity contribution in [2.75, 3.05) is 27.3 Å². The van der Waals surface area contributed by atoms with E-state index in [1.54, 1.807) is 26.4 Å². The van der Waals surface area contributed by atoms with E-state index in [1.807, 2.05) is 0 Å². The molecule has 1 saturated heterocycles. The van der Waals surface area contributed by atoms with Gasteiger partial charge in [0.2, 0.25) is 0 Å². The summed E-state index contributed by atoms with van der Waals surface area (Å²) >= 11 is 0. The van der Waals surface area contributed by atoms with Gasteiger partial charge in [0, 0.05) is 19.2 Å². The van der Waals surface area contributed by atoms with Crippen molar-refractivity contribution < 1.29 is 9.47 Å². The number of nitrogens with one attached hydrogen (secondary N) is 1. The summed E-state index contributed by atoms with van der Waals surface area (Å²) in [6.07, 6.45) is 1.26. The zero-order valence-electron chi connectivity index (χ0n) is 14.8. The minimum atomic E-state index is -0.144. The molecule has 1 aliphatic heterocycles. The molecule has 1 fully saturated rings. The lowest BCUT2D eigenvalue weighted by Crippen LogP contribution is -2.38. The van der Waals surface area contributed by atoms with E-state index in [2.05, 4.69) is 28.7 Å². The summed E-state index contributed by atoms with van der Waals surface area (Å²) in [5.74, 6) is 3.15. The molecule has 6 heteroatoms. The predicted octanol–water partition coefficient (Wildman–Crippen LogP) is 2.42. The molecule has 0 radical (unpaired) electrons. The Labute approximate surface area is 141 Å². The summed E-state index contributed by atoms with van der Waals surface area (Å²) in [5.41, 5.74) is 0.485. The number of ether oxygens (including phenoxy) is 2. The van der Waals surface area contributed by atoms with E-state index in [-0.39, 0.29) is 5.56 Å². The molecule has 0 aliphatic carbocycles. The van der Waals surface area contributed by atoms with Crippen LogP contribution in [0, 0.1) is 11.8 Å². The van der Waals surface area contributed by atoms with Crippen LogP contribution in [-0.4, -0.2) is 42.2 Å². The van der Waals surface area contributed by atoms with Gasteiger partial charge in [0.25, 0.3) is 5.56 Å². The Hall–Kier alpha value is -2.08. The van der Waals surface area contributed by atoms with Gasteiger partial charge < -0.3 is 14.5 Å². The van der Waals surface area contributed by atoms with E-state index < -0.39 is 0 Å². The highest BCUT2D eigenvalue weighted by atomic mass is 16.5. The minimum Gasteiger partial charge on any atom is -0.493 e. The maximum atomic E-state index is 12.4. The zero-order chi connectivity index (χ0) is 17.3. The monoisotopic (exact) mass is 331 g/mol. The molecule has 1 aliphatic rings. The fourth-order valence-corrected chi connectivity index (χ4v) is 3.72. The third-order valence-electron chi connectivity index (χ3n) is 4.58. The van der Waals surface area contributed by atoms with Gasteiger partial charge in [-0.3, -0.25) is 9.69 Å². The largest absolute Gasteiger partial charge is 0.493 e. The number of piperidine rings is 1. The molecule has 0 amide bonds. The Morgan fingerprint density at radius 2 is 1.79 bits per heavy atom. The number of fused-ring (bicyclic) bond motifs is 1. The first-order valence-electron chi connectivity index (χ1n) is 8.37. The third kappa shape index (κ3) is 3.38. The lowest BCUT2D eigenvalue weighted by atomic mass is 9.92. The van der Waals surface area contributed by atoms with Crippen LogP contribution in [0.15, 0.2) is 16.9 Å². The van der Waals surface area contributed by atoms with Gasteiger partial charge in [0.05, 0.1) is 31.7 Å². The molecule has 1 N–H and O–H groups in total. The number of H-pyrrole nitrogens is 1. The number of hydrogen-bond donors (Lipinski definition) is 1. The quantitative estimate of drug-likeness (QED) is 0.932. The SMILES string of the molecule is COc1cc2nc(CN3C[C@H](C)C[C@H](C)C3)[nH]c(=O)c2cc1OC. The van der Waals surface area contributed by atoms with Crippen LogP contribution >= 0.6 is 0 Å². The van der Waals surface area contributed by atoms with Crippen molar-refractivity contribution in [1.82, 2.24) is 14.9 Å². The van der Waals surface area contributed by atoms with Crippen LogP contribution in [0.2, 0.25) is 0 Å². The number of methoxy groups -OCH3 is 2. The summed E-state index contributed by atoms with van der Waals surface area (Å²) in [7, 11) is 3.13. The van der Waals surface area contributed by atoms with Gasteiger partial charge in [-0.25, -0.2) is 4.98 Å². The van der Waals surface area contributed by atoms with Crippen molar-refractivity contribution >= 4 is 10.9 Å². The molecule has 1 aromatic heterocycles.